The van der Waals surface area contributed by atoms with Crippen LogP contribution in [0.3, 0.4) is 0 Å². The fourth-order valence-corrected chi connectivity index (χ4v) is 4.96. The molecule has 0 bridgehead atoms. The lowest BCUT2D eigenvalue weighted by Crippen LogP contribution is -2.32. The first-order valence-electron chi connectivity index (χ1n) is 10.9. The highest BCUT2D eigenvalue weighted by Crippen LogP contribution is 2.39. The number of aromatic nitrogens is 3. The second-order valence-corrected chi connectivity index (χ2v) is 8.74. The minimum absolute atomic E-state index is 0.0126. The molecule has 4 rings (SSSR count). The Morgan fingerprint density at radius 1 is 1.24 bits per heavy atom. The summed E-state index contributed by atoms with van der Waals surface area (Å²) >= 11 is 1.28. The van der Waals surface area contributed by atoms with Gasteiger partial charge in [0.25, 0.3) is 0 Å². The summed E-state index contributed by atoms with van der Waals surface area (Å²) in [5.41, 5.74) is 6.28. The van der Waals surface area contributed by atoms with Crippen LogP contribution in [0.5, 0.6) is 11.5 Å². The Kier molecular flexibility index (Phi) is 7.41. The Hall–Kier alpha value is -3.47. The van der Waals surface area contributed by atoms with Crippen molar-refractivity contribution in [1.82, 2.24) is 19.7 Å². The van der Waals surface area contributed by atoms with Crippen LogP contribution in [0, 0.1) is 0 Å². The van der Waals surface area contributed by atoms with Gasteiger partial charge in [-0.25, -0.2) is 0 Å². The monoisotopic (exact) mass is 485 g/mol. The fourth-order valence-electron chi connectivity index (χ4n) is 4.10. The van der Waals surface area contributed by atoms with Crippen LogP contribution in [0.15, 0.2) is 46.2 Å². The first-order valence-corrected chi connectivity index (χ1v) is 11.9. The van der Waals surface area contributed by atoms with E-state index in [1.807, 2.05) is 23.1 Å². The molecule has 1 aliphatic heterocycles. The van der Waals surface area contributed by atoms with E-state index in [9.17, 15) is 9.59 Å². The zero-order chi connectivity index (χ0) is 24.1. The molecule has 11 heteroatoms. The van der Waals surface area contributed by atoms with Crippen molar-refractivity contribution >= 4 is 23.6 Å². The van der Waals surface area contributed by atoms with E-state index >= 15 is 0 Å². The minimum atomic E-state index is -0.432. The van der Waals surface area contributed by atoms with Gasteiger partial charge in [-0.3, -0.25) is 14.2 Å². The Morgan fingerprint density at radius 2 is 2.09 bits per heavy atom. The Balaban J connectivity index is 1.51. The molecule has 2 aromatic heterocycles. The van der Waals surface area contributed by atoms with Crippen LogP contribution in [-0.4, -0.2) is 58.0 Å². The average Bonchev–Trinajstić information content (AvgIpc) is 3.61. The van der Waals surface area contributed by atoms with Gasteiger partial charge in [-0.2, -0.15) is 0 Å². The summed E-state index contributed by atoms with van der Waals surface area (Å²) in [4.78, 5) is 26.5. The van der Waals surface area contributed by atoms with Crippen molar-refractivity contribution in [3.05, 3.63) is 42.2 Å². The van der Waals surface area contributed by atoms with E-state index < -0.39 is 5.91 Å². The normalized spacial score (nSPS) is 15.5. The second kappa shape index (κ2) is 10.6. The molecule has 180 valence electrons. The number of nitrogens with zero attached hydrogens (tertiary/aromatic N) is 4. The van der Waals surface area contributed by atoms with Crippen molar-refractivity contribution in [3.63, 3.8) is 0 Å². The maximum absolute atomic E-state index is 13.3. The largest absolute Gasteiger partial charge is 0.497 e. The number of rotatable bonds is 10. The summed E-state index contributed by atoms with van der Waals surface area (Å²) in [7, 11) is 3.24. The van der Waals surface area contributed by atoms with Gasteiger partial charge >= 0.3 is 0 Å². The third kappa shape index (κ3) is 5.04. The molecular weight excluding hydrogens is 458 g/mol. The van der Waals surface area contributed by atoms with Gasteiger partial charge in [0, 0.05) is 25.1 Å². The summed E-state index contributed by atoms with van der Waals surface area (Å²) in [6.45, 7) is 0.957. The lowest BCUT2D eigenvalue weighted by molar-refractivity contribution is -0.129. The molecule has 1 aromatic carbocycles. The lowest BCUT2D eigenvalue weighted by atomic mass is 10.0. The Morgan fingerprint density at radius 3 is 2.79 bits per heavy atom. The average molecular weight is 486 g/mol. The number of furan rings is 1. The number of amides is 2. The molecule has 1 unspecified atom stereocenters. The summed E-state index contributed by atoms with van der Waals surface area (Å²) in [6.07, 6.45) is 3.41. The van der Waals surface area contributed by atoms with Crippen LogP contribution < -0.4 is 15.2 Å². The molecule has 3 aromatic rings. The quantitative estimate of drug-likeness (QED) is 0.435. The number of nitrogens with two attached hydrogens (primary N) is 1. The molecule has 1 aliphatic rings. The number of primary amides is 1. The van der Waals surface area contributed by atoms with Crippen LogP contribution in [0.25, 0.3) is 11.6 Å². The van der Waals surface area contributed by atoms with E-state index in [1.165, 1.54) is 11.8 Å². The second-order valence-electron chi connectivity index (χ2n) is 7.79. The van der Waals surface area contributed by atoms with Crippen LogP contribution >= 0.6 is 11.8 Å². The minimum Gasteiger partial charge on any atom is -0.497 e. The van der Waals surface area contributed by atoms with Crippen molar-refractivity contribution in [2.75, 3.05) is 26.5 Å². The van der Waals surface area contributed by atoms with Crippen LogP contribution in [0.4, 0.5) is 0 Å². The molecule has 2 N–H and O–H groups in total. The molecule has 0 radical (unpaired) electrons. The number of likely N-dealkylation sites (tertiary alicyclic amines) is 1. The predicted octanol–water partition coefficient (Wildman–Crippen LogP) is 2.89. The maximum Gasteiger partial charge on any atom is 0.233 e. The Labute approximate surface area is 201 Å². The molecule has 34 heavy (non-hydrogen) atoms. The third-order valence-electron chi connectivity index (χ3n) is 5.73. The number of thioether (sulfide) groups is 1. The summed E-state index contributed by atoms with van der Waals surface area (Å²) in [5, 5.41) is 8.96. The molecule has 10 nitrogen and oxygen atoms in total. The highest BCUT2D eigenvalue weighted by Gasteiger charge is 2.32. The first-order chi connectivity index (χ1) is 16.5. The van der Waals surface area contributed by atoms with E-state index in [-0.39, 0.29) is 24.1 Å². The van der Waals surface area contributed by atoms with Gasteiger partial charge in [0.1, 0.15) is 11.5 Å². The van der Waals surface area contributed by atoms with Crippen LogP contribution in [0.2, 0.25) is 0 Å². The van der Waals surface area contributed by atoms with Crippen molar-refractivity contribution in [2.24, 2.45) is 5.73 Å². The molecule has 1 saturated heterocycles. The molecule has 0 aliphatic carbocycles. The maximum atomic E-state index is 13.3. The number of carbonyl (C=O) groups is 2. The van der Waals surface area contributed by atoms with E-state index in [4.69, 9.17) is 19.6 Å². The van der Waals surface area contributed by atoms with Gasteiger partial charge in [-0.15, -0.1) is 10.2 Å². The van der Waals surface area contributed by atoms with Gasteiger partial charge in [0.15, 0.2) is 16.7 Å². The lowest BCUT2D eigenvalue weighted by Gasteiger charge is -2.26. The molecular formula is C23H27N5O5S. The number of carbonyl (C=O) groups excluding carboxylic acids is 2. The predicted molar refractivity (Wildman–Crippen MR) is 125 cm³/mol. The van der Waals surface area contributed by atoms with E-state index in [0.29, 0.717) is 29.8 Å². The zero-order valence-corrected chi connectivity index (χ0v) is 19.9. The van der Waals surface area contributed by atoms with E-state index in [1.54, 1.807) is 37.2 Å². The van der Waals surface area contributed by atoms with Crippen LogP contribution in [0.1, 0.15) is 30.9 Å². The van der Waals surface area contributed by atoms with Gasteiger partial charge < -0.3 is 24.5 Å². The first kappa shape index (κ1) is 23.7. The van der Waals surface area contributed by atoms with E-state index in [0.717, 1.165) is 29.9 Å². The molecule has 1 fully saturated rings. The SMILES string of the molecule is COc1ccc(OC)c(C2CCCN2C(=O)CSc2nnc(-c3ccco3)n2CCC(N)=O)c1. The van der Waals surface area contributed by atoms with E-state index in [2.05, 4.69) is 10.2 Å². The molecule has 0 spiro atoms. The standard InChI is InChI=1S/C23H27N5O5S/c1-31-15-7-8-18(32-2)16(13-15)17-5-3-10-27(17)21(30)14-34-23-26-25-22(19-6-4-12-33-19)28(23)11-9-20(24)29/h4,6-8,12-13,17H,3,5,9-11,14H2,1-2H3,(H2,24,29). The molecule has 0 saturated carbocycles. The van der Waals surface area contributed by atoms with Crippen molar-refractivity contribution in [3.8, 4) is 23.1 Å². The number of hydrogen-bond donors (Lipinski definition) is 1. The summed E-state index contributed by atoms with van der Waals surface area (Å²) < 4.78 is 18.1. The highest BCUT2D eigenvalue weighted by atomic mass is 32.2. The smallest absolute Gasteiger partial charge is 0.233 e. The van der Waals surface area contributed by atoms with Crippen molar-refractivity contribution in [1.29, 1.82) is 0 Å². The summed E-state index contributed by atoms with van der Waals surface area (Å²) in [5.74, 6) is 2.20. The van der Waals surface area contributed by atoms with Gasteiger partial charge in [-0.05, 0) is 43.2 Å². The molecule has 3 heterocycles. The van der Waals surface area contributed by atoms with Crippen molar-refractivity contribution in [2.45, 2.75) is 37.0 Å². The summed E-state index contributed by atoms with van der Waals surface area (Å²) in [6, 6.07) is 9.05. The Bertz CT molecular complexity index is 1150. The highest BCUT2D eigenvalue weighted by molar-refractivity contribution is 7.99. The molecule has 1 atom stereocenters. The van der Waals surface area contributed by atoms with Gasteiger partial charge in [-0.1, -0.05) is 11.8 Å². The topological polar surface area (TPSA) is 126 Å². The number of ether oxygens (including phenoxy) is 2. The number of methoxy groups -OCH3 is 2. The van der Waals surface area contributed by atoms with Crippen LogP contribution in [-0.2, 0) is 16.1 Å². The van der Waals surface area contributed by atoms with Gasteiger partial charge in [0.05, 0.1) is 32.3 Å². The fraction of sp³-hybridized carbons (Fsp3) is 0.391. The van der Waals surface area contributed by atoms with Crippen molar-refractivity contribution < 1.29 is 23.5 Å². The van der Waals surface area contributed by atoms with Gasteiger partial charge in [0.2, 0.25) is 11.8 Å². The zero-order valence-electron chi connectivity index (χ0n) is 19.1. The molecule has 2 amide bonds. The number of hydrogen-bond acceptors (Lipinski definition) is 8. The third-order valence-corrected chi connectivity index (χ3v) is 6.69. The number of benzene rings is 1.